The highest BCUT2D eigenvalue weighted by Crippen LogP contribution is 2.46. The van der Waals surface area contributed by atoms with Crippen LogP contribution in [0.2, 0.25) is 0 Å². The van der Waals surface area contributed by atoms with Gasteiger partial charge in [0.2, 0.25) is 0 Å². The van der Waals surface area contributed by atoms with Gasteiger partial charge in [-0.25, -0.2) is 9.59 Å². The minimum atomic E-state index is -4.71. The summed E-state index contributed by atoms with van der Waals surface area (Å²) in [5, 5.41) is 18.1. The van der Waals surface area contributed by atoms with Gasteiger partial charge in [0.05, 0.1) is 11.1 Å². The van der Waals surface area contributed by atoms with E-state index in [1.165, 1.54) is 24.3 Å². The molecule has 0 radical (unpaired) electrons. The summed E-state index contributed by atoms with van der Waals surface area (Å²) in [6.07, 6.45) is -4.21. The Morgan fingerprint density at radius 1 is 0.767 bits per heavy atom. The third kappa shape index (κ3) is 5.96. The predicted octanol–water partition coefficient (Wildman–Crippen LogP) is 2.78. The number of carbonyl (C=O) groups is 2. The standard InChI is InChI=1S/C17H13F3O4.2CO2/c1-16(17(18,19)20,10-5-3-2-4-6-10)11-7-8-12(14(21)22)13(9-11)15(23)24;2*2-1-3/h2-9H,1H3,(H,21,22)(H,23,24);;. The molecule has 0 fully saturated rings. The lowest BCUT2D eigenvalue weighted by molar-refractivity contribution is -0.193. The molecular weight excluding hydrogens is 413 g/mol. The number of halogens is 3. The average molecular weight is 426 g/mol. The fourth-order valence-electron chi connectivity index (χ4n) is 2.48. The summed E-state index contributed by atoms with van der Waals surface area (Å²) in [5.74, 6) is -3.13. The lowest BCUT2D eigenvalue weighted by Crippen LogP contribution is -2.40. The Kier molecular flexibility index (Phi) is 9.56. The SMILES string of the molecule is CC(c1ccccc1)(c1ccc(C(=O)O)c(C(=O)O)c1)C(F)(F)F.O=C=O.O=C=O. The predicted molar refractivity (Wildman–Crippen MR) is 89.3 cm³/mol. The van der Waals surface area contributed by atoms with E-state index in [1.807, 2.05) is 0 Å². The van der Waals surface area contributed by atoms with Crippen LogP contribution < -0.4 is 0 Å². The zero-order chi connectivity index (χ0) is 23.5. The molecule has 0 aliphatic rings. The molecule has 0 spiro atoms. The average Bonchev–Trinajstić information content (AvgIpc) is 2.67. The molecule has 158 valence electrons. The van der Waals surface area contributed by atoms with Crippen molar-refractivity contribution >= 4 is 24.2 Å². The van der Waals surface area contributed by atoms with Crippen LogP contribution in [0, 0.1) is 0 Å². The fourth-order valence-corrected chi connectivity index (χ4v) is 2.48. The molecule has 0 aliphatic heterocycles. The minimum absolute atomic E-state index is 0.0723. The first-order valence-electron chi connectivity index (χ1n) is 7.64. The van der Waals surface area contributed by atoms with Gasteiger partial charge in [-0.2, -0.15) is 32.3 Å². The number of benzene rings is 2. The molecule has 2 N–H and O–H groups in total. The number of carboxylic acid groups (broad SMARTS) is 2. The van der Waals surface area contributed by atoms with E-state index < -0.39 is 34.7 Å². The highest BCUT2D eigenvalue weighted by atomic mass is 19.4. The monoisotopic (exact) mass is 426 g/mol. The lowest BCUT2D eigenvalue weighted by atomic mass is 9.74. The maximum atomic E-state index is 13.8. The molecule has 11 heteroatoms. The second-order valence-corrected chi connectivity index (χ2v) is 5.53. The molecule has 1 unspecified atom stereocenters. The Morgan fingerprint density at radius 2 is 1.20 bits per heavy atom. The van der Waals surface area contributed by atoms with Crippen molar-refractivity contribution in [2.75, 3.05) is 0 Å². The number of carbonyl (C=O) groups excluding carboxylic acids is 4. The molecule has 0 saturated carbocycles. The van der Waals surface area contributed by atoms with E-state index in [2.05, 4.69) is 0 Å². The third-order valence-corrected chi connectivity index (χ3v) is 3.98. The molecule has 0 heterocycles. The van der Waals surface area contributed by atoms with Gasteiger partial charge in [-0.05, 0) is 30.2 Å². The smallest absolute Gasteiger partial charge is 0.402 e. The Hall–Kier alpha value is -4.07. The number of hydrogen-bond donors (Lipinski definition) is 2. The zero-order valence-corrected chi connectivity index (χ0v) is 15.1. The van der Waals surface area contributed by atoms with E-state index in [-0.39, 0.29) is 23.4 Å². The number of hydrogen-bond acceptors (Lipinski definition) is 6. The van der Waals surface area contributed by atoms with Gasteiger partial charge in [0.15, 0.2) is 0 Å². The van der Waals surface area contributed by atoms with Crippen molar-refractivity contribution in [1.29, 1.82) is 0 Å². The minimum Gasteiger partial charge on any atom is -0.478 e. The van der Waals surface area contributed by atoms with Crippen molar-refractivity contribution < 1.29 is 52.2 Å². The van der Waals surface area contributed by atoms with E-state index in [1.54, 1.807) is 6.07 Å². The van der Waals surface area contributed by atoms with Crippen LogP contribution in [0.3, 0.4) is 0 Å². The van der Waals surface area contributed by atoms with Gasteiger partial charge >= 0.3 is 30.4 Å². The van der Waals surface area contributed by atoms with E-state index in [0.29, 0.717) is 0 Å². The summed E-state index contributed by atoms with van der Waals surface area (Å²) >= 11 is 0. The van der Waals surface area contributed by atoms with Crippen LogP contribution in [0.1, 0.15) is 38.8 Å². The molecule has 0 saturated heterocycles. The van der Waals surface area contributed by atoms with Gasteiger partial charge < -0.3 is 10.2 Å². The number of alkyl halides is 3. The fraction of sp³-hybridized carbons (Fsp3) is 0.158. The molecule has 0 aliphatic carbocycles. The summed E-state index contributed by atoms with van der Waals surface area (Å²) in [4.78, 5) is 54.8. The summed E-state index contributed by atoms with van der Waals surface area (Å²) in [7, 11) is 0. The summed E-state index contributed by atoms with van der Waals surface area (Å²) in [6.45, 7) is 0.934. The van der Waals surface area contributed by atoms with E-state index in [4.69, 9.17) is 29.4 Å². The van der Waals surface area contributed by atoms with Gasteiger partial charge in [-0.15, -0.1) is 0 Å². The van der Waals surface area contributed by atoms with E-state index in [9.17, 15) is 22.8 Å². The topological polar surface area (TPSA) is 143 Å². The zero-order valence-electron chi connectivity index (χ0n) is 15.1. The largest absolute Gasteiger partial charge is 0.478 e. The normalized spacial score (nSPS) is 11.7. The molecule has 0 amide bonds. The number of rotatable bonds is 4. The molecule has 0 bridgehead atoms. The van der Waals surface area contributed by atoms with Crippen molar-refractivity contribution in [2.24, 2.45) is 0 Å². The molecule has 2 rings (SSSR count). The van der Waals surface area contributed by atoms with Crippen molar-refractivity contribution in [3.63, 3.8) is 0 Å². The molecule has 2 aromatic carbocycles. The molecule has 1 atom stereocenters. The second kappa shape index (κ2) is 11.1. The van der Waals surface area contributed by atoms with Crippen molar-refractivity contribution in [1.82, 2.24) is 0 Å². The Balaban J connectivity index is 0.00000125. The maximum absolute atomic E-state index is 13.8. The van der Waals surface area contributed by atoms with Crippen LogP contribution in [0.5, 0.6) is 0 Å². The third-order valence-electron chi connectivity index (χ3n) is 3.98. The first kappa shape index (κ1) is 25.9. The number of aromatic carboxylic acids is 2. The highest BCUT2D eigenvalue weighted by molar-refractivity contribution is 6.01. The first-order chi connectivity index (χ1) is 13.9. The Morgan fingerprint density at radius 3 is 1.57 bits per heavy atom. The van der Waals surface area contributed by atoms with Crippen molar-refractivity contribution in [3.05, 3.63) is 70.8 Å². The van der Waals surface area contributed by atoms with Crippen molar-refractivity contribution in [2.45, 2.75) is 18.5 Å². The molecule has 2 aromatic rings. The molecule has 30 heavy (non-hydrogen) atoms. The van der Waals surface area contributed by atoms with E-state index in [0.717, 1.165) is 25.1 Å². The highest BCUT2D eigenvalue weighted by Gasteiger charge is 2.53. The lowest BCUT2D eigenvalue weighted by Gasteiger charge is -2.33. The molecule has 8 nitrogen and oxygen atoms in total. The Labute approximate surface area is 166 Å². The summed E-state index contributed by atoms with van der Waals surface area (Å²) in [6, 6.07) is 9.69. The molecule has 0 aromatic heterocycles. The van der Waals surface area contributed by atoms with Gasteiger partial charge in [-0.3, -0.25) is 0 Å². The maximum Gasteiger partial charge on any atom is 0.402 e. The summed E-state index contributed by atoms with van der Waals surface area (Å²) < 4.78 is 41.4. The molecular formula is C19H13F3O8. The summed E-state index contributed by atoms with van der Waals surface area (Å²) in [5.41, 5.74) is -4.15. The van der Waals surface area contributed by atoms with Crippen LogP contribution in [0.4, 0.5) is 13.2 Å². The van der Waals surface area contributed by atoms with Gasteiger partial charge in [0, 0.05) is 0 Å². The Bertz CT molecular complexity index is 945. The second-order valence-electron chi connectivity index (χ2n) is 5.53. The van der Waals surface area contributed by atoms with Crippen LogP contribution >= 0.6 is 0 Å². The van der Waals surface area contributed by atoms with Crippen LogP contribution in [-0.4, -0.2) is 40.6 Å². The van der Waals surface area contributed by atoms with Crippen LogP contribution in [-0.2, 0) is 24.6 Å². The quantitative estimate of drug-likeness (QED) is 0.760. The van der Waals surface area contributed by atoms with Crippen LogP contribution in [0.15, 0.2) is 48.5 Å². The number of carboxylic acids is 2. The van der Waals surface area contributed by atoms with Gasteiger partial charge in [0.1, 0.15) is 5.41 Å². The van der Waals surface area contributed by atoms with Gasteiger partial charge in [-0.1, -0.05) is 36.4 Å². The van der Waals surface area contributed by atoms with E-state index >= 15 is 0 Å². The first-order valence-corrected chi connectivity index (χ1v) is 7.64. The van der Waals surface area contributed by atoms with Gasteiger partial charge in [0.25, 0.3) is 0 Å². The van der Waals surface area contributed by atoms with Crippen LogP contribution in [0.25, 0.3) is 0 Å². The van der Waals surface area contributed by atoms with Crippen molar-refractivity contribution in [3.8, 4) is 0 Å².